The lowest BCUT2D eigenvalue weighted by Crippen LogP contribution is -2.42. The molecule has 2 aromatic rings. The molecule has 26 heavy (non-hydrogen) atoms. The summed E-state index contributed by atoms with van der Waals surface area (Å²) in [4.78, 5) is 26.9. The molecule has 0 spiro atoms. The van der Waals surface area contributed by atoms with E-state index >= 15 is 0 Å². The molecular formula is C21H23NO4. The Bertz CT molecular complexity index is 802. The van der Waals surface area contributed by atoms with Crippen molar-refractivity contribution in [1.82, 2.24) is 4.90 Å². The van der Waals surface area contributed by atoms with Crippen LogP contribution in [-0.4, -0.2) is 36.0 Å². The number of hydrogen-bond donors (Lipinski definition) is 0. The highest BCUT2D eigenvalue weighted by Crippen LogP contribution is 2.22. The second-order valence-corrected chi connectivity index (χ2v) is 6.26. The van der Waals surface area contributed by atoms with Crippen molar-refractivity contribution in [2.24, 2.45) is 0 Å². The van der Waals surface area contributed by atoms with Gasteiger partial charge in [0.05, 0.1) is 6.61 Å². The highest BCUT2D eigenvalue weighted by Gasteiger charge is 2.27. The molecule has 5 nitrogen and oxygen atoms in total. The number of esters is 1. The maximum atomic E-state index is 12.7. The molecule has 0 fully saturated rings. The summed E-state index contributed by atoms with van der Waals surface area (Å²) in [7, 11) is 0. The summed E-state index contributed by atoms with van der Waals surface area (Å²) >= 11 is 0. The molecule has 1 amide bonds. The van der Waals surface area contributed by atoms with Gasteiger partial charge in [-0.25, -0.2) is 4.79 Å². The van der Waals surface area contributed by atoms with Crippen LogP contribution in [-0.2, 0) is 22.5 Å². The monoisotopic (exact) mass is 353 g/mol. The first-order chi connectivity index (χ1) is 12.6. The molecule has 0 N–H and O–H groups in total. The molecule has 0 aliphatic carbocycles. The van der Waals surface area contributed by atoms with Crippen LogP contribution in [0.3, 0.4) is 0 Å². The van der Waals surface area contributed by atoms with Gasteiger partial charge in [-0.1, -0.05) is 36.4 Å². The van der Waals surface area contributed by atoms with Crippen molar-refractivity contribution in [3.8, 4) is 5.75 Å². The molecule has 2 aromatic carbocycles. The molecule has 1 atom stereocenters. The maximum Gasteiger partial charge on any atom is 0.342 e. The van der Waals surface area contributed by atoms with Gasteiger partial charge in [0.2, 0.25) is 0 Å². The first-order valence-corrected chi connectivity index (χ1v) is 8.88. The maximum absolute atomic E-state index is 12.7. The molecule has 1 heterocycles. The van der Waals surface area contributed by atoms with E-state index in [-0.39, 0.29) is 5.91 Å². The Kier molecular flexibility index (Phi) is 5.56. The predicted molar refractivity (Wildman–Crippen MR) is 98.1 cm³/mol. The normalized spacial score (nSPS) is 14.3. The third-order valence-electron chi connectivity index (χ3n) is 4.48. The van der Waals surface area contributed by atoms with Gasteiger partial charge in [-0.2, -0.15) is 0 Å². The topological polar surface area (TPSA) is 55.8 Å². The molecule has 0 aromatic heterocycles. The van der Waals surface area contributed by atoms with Gasteiger partial charge in [-0.15, -0.1) is 0 Å². The quantitative estimate of drug-likeness (QED) is 0.775. The molecule has 5 heteroatoms. The minimum absolute atomic E-state index is 0.179. The zero-order chi connectivity index (χ0) is 18.5. The lowest BCUT2D eigenvalue weighted by molar-refractivity contribution is -0.140. The number of nitrogens with zero attached hydrogens (tertiary/aromatic N) is 1. The number of carbonyl (C=O) groups excluding carboxylic acids is 2. The zero-order valence-corrected chi connectivity index (χ0v) is 15.1. The predicted octanol–water partition coefficient (Wildman–Crippen LogP) is 3.22. The number of benzene rings is 2. The summed E-state index contributed by atoms with van der Waals surface area (Å²) < 4.78 is 10.9. The van der Waals surface area contributed by atoms with E-state index in [4.69, 9.17) is 9.47 Å². The van der Waals surface area contributed by atoms with Gasteiger partial charge in [0.25, 0.3) is 5.91 Å². The number of ether oxygens (including phenoxy) is 2. The number of rotatable bonds is 5. The lowest BCUT2D eigenvalue weighted by Gasteiger charge is -2.30. The van der Waals surface area contributed by atoms with Gasteiger partial charge in [-0.05, 0) is 43.5 Å². The molecule has 1 aliphatic rings. The van der Waals surface area contributed by atoms with Crippen LogP contribution in [0.5, 0.6) is 5.75 Å². The fraction of sp³-hybridized carbons (Fsp3) is 0.333. The summed E-state index contributed by atoms with van der Waals surface area (Å²) in [5.74, 6) is -0.263. The van der Waals surface area contributed by atoms with Crippen molar-refractivity contribution < 1.29 is 19.1 Å². The Morgan fingerprint density at radius 1 is 1.08 bits per heavy atom. The van der Waals surface area contributed by atoms with Crippen LogP contribution in [0.2, 0.25) is 0 Å². The molecule has 136 valence electrons. The number of amides is 1. The third kappa shape index (κ3) is 3.87. The second kappa shape index (κ2) is 8.04. The smallest absolute Gasteiger partial charge is 0.342 e. The van der Waals surface area contributed by atoms with E-state index in [0.29, 0.717) is 31.0 Å². The van der Waals surface area contributed by atoms with Crippen molar-refractivity contribution in [3.63, 3.8) is 0 Å². The van der Waals surface area contributed by atoms with E-state index in [2.05, 4.69) is 6.07 Å². The molecule has 0 saturated heterocycles. The van der Waals surface area contributed by atoms with E-state index in [1.807, 2.05) is 25.1 Å². The highest BCUT2D eigenvalue weighted by atomic mass is 16.5. The number of hydrogen-bond acceptors (Lipinski definition) is 4. The van der Waals surface area contributed by atoms with Crippen LogP contribution in [0, 0.1) is 0 Å². The molecule has 3 rings (SSSR count). The average Bonchev–Trinajstić information content (AvgIpc) is 2.67. The van der Waals surface area contributed by atoms with Gasteiger partial charge < -0.3 is 14.4 Å². The standard InChI is InChI=1S/C21H23NO4/c1-3-25-19-11-7-6-10-18(19)21(24)26-15(2)20(23)22-13-12-16-8-4-5-9-17(16)14-22/h4-11,15H,3,12-14H2,1-2H3/t15-/m1/s1. The Balaban J connectivity index is 1.66. The summed E-state index contributed by atoms with van der Waals surface area (Å²) in [6, 6.07) is 15.0. The van der Waals surface area contributed by atoms with Crippen molar-refractivity contribution in [3.05, 3.63) is 65.2 Å². The van der Waals surface area contributed by atoms with E-state index < -0.39 is 12.1 Å². The fourth-order valence-corrected chi connectivity index (χ4v) is 3.13. The molecule has 1 aliphatic heterocycles. The van der Waals surface area contributed by atoms with Gasteiger partial charge in [-0.3, -0.25) is 4.79 Å². The Hall–Kier alpha value is -2.82. The summed E-state index contributed by atoms with van der Waals surface area (Å²) in [6.45, 7) is 5.10. The summed E-state index contributed by atoms with van der Waals surface area (Å²) in [6.07, 6.45) is -0.0297. The first-order valence-electron chi connectivity index (χ1n) is 8.88. The Morgan fingerprint density at radius 2 is 1.77 bits per heavy atom. The van der Waals surface area contributed by atoms with Crippen LogP contribution < -0.4 is 4.74 Å². The Morgan fingerprint density at radius 3 is 2.54 bits per heavy atom. The summed E-state index contributed by atoms with van der Waals surface area (Å²) in [5, 5.41) is 0. The molecule has 0 bridgehead atoms. The van der Waals surface area contributed by atoms with E-state index in [1.54, 1.807) is 36.1 Å². The minimum atomic E-state index is -0.845. The SMILES string of the molecule is CCOc1ccccc1C(=O)O[C@H](C)C(=O)N1CCc2ccccc2C1. The zero-order valence-electron chi connectivity index (χ0n) is 15.1. The van der Waals surface area contributed by atoms with Crippen molar-refractivity contribution in [2.45, 2.75) is 32.9 Å². The van der Waals surface area contributed by atoms with Crippen LogP contribution >= 0.6 is 0 Å². The Labute approximate surface area is 153 Å². The number of fused-ring (bicyclic) bond motifs is 1. The van der Waals surface area contributed by atoms with Crippen LogP contribution in [0.4, 0.5) is 0 Å². The number of para-hydroxylation sites is 1. The fourth-order valence-electron chi connectivity index (χ4n) is 3.13. The number of carbonyl (C=O) groups is 2. The molecule has 0 unspecified atom stereocenters. The summed E-state index contributed by atoms with van der Waals surface area (Å²) in [5.41, 5.74) is 2.75. The van der Waals surface area contributed by atoms with Crippen molar-refractivity contribution in [2.75, 3.05) is 13.2 Å². The second-order valence-electron chi connectivity index (χ2n) is 6.26. The van der Waals surface area contributed by atoms with Gasteiger partial charge >= 0.3 is 5.97 Å². The van der Waals surface area contributed by atoms with Gasteiger partial charge in [0, 0.05) is 13.1 Å². The van der Waals surface area contributed by atoms with Crippen LogP contribution in [0.25, 0.3) is 0 Å². The first kappa shape index (κ1) is 18.0. The lowest BCUT2D eigenvalue weighted by atomic mass is 9.99. The molecule has 0 saturated carbocycles. The van der Waals surface area contributed by atoms with E-state index in [9.17, 15) is 9.59 Å². The van der Waals surface area contributed by atoms with Crippen LogP contribution in [0.1, 0.15) is 35.3 Å². The van der Waals surface area contributed by atoms with Crippen molar-refractivity contribution in [1.29, 1.82) is 0 Å². The molecule has 0 radical (unpaired) electrons. The largest absolute Gasteiger partial charge is 0.493 e. The highest BCUT2D eigenvalue weighted by molar-refractivity contribution is 5.94. The minimum Gasteiger partial charge on any atom is -0.493 e. The average molecular weight is 353 g/mol. The van der Waals surface area contributed by atoms with Gasteiger partial charge in [0.15, 0.2) is 6.10 Å². The molecular weight excluding hydrogens is 330 g/mol. The van der Waals surface area contributed by atoms with Crippen molar-refractivity contribution >= 4 is 11.9 Å². The van der Waals surface area contributed by atoms with E-state index in [1.165, 1.54) is 5.56 Å². The van der Waals surface area contributed by atoms with E-state index in [0.717, 1.165) is 12.0 Å². The van der Waals surface area contributed by atoms with Crippen LogP contribution in [0.15, 0.2) is 48.5 Å². The van der Waals surface area contributed by atoms with Gasteiger partial charge in [0.1, 0.15) is 11.3 Å². The third-order valence-corrected chi connectivity index (χ3v) is 4.48.